The summed E-state index contributed by atoms with van der Waals surface area (Å²) in [6.07, 6.45) is 3.60. The molecule has 3 atom stereocenters. The van der Waals surface area contributed by atoms with Crippen LogP contribution in [0.1, 0.15) is 37.4 Å². The molecule has 1 aliphatic heterocycles. The lowest BCUT2D eigenvalue weighted by atomic mass is 9.85. The van der Waals surface area contributed by atoms with Crippen LogP contribution in [-0.2, 0) is 9.53 Å². The fourth-order valence-corrected chi connectivity index (χ4v) is 3.44. The van der Waals surface area contributed by atoms with Crippen LogP contribution in [0, 0.1) is 11.7 Å². The molecule has 0 bridgehead atoms. The molecule has 1 amide bonds. The molecular formula is C17H24ClFN2O2. The summed E-state index contributed by atoms with van der Waals surface area (Å²) >= 11 is 0. The number of halogens is 2. The van der Waals surface area contributed by atoms with Crippen LogP contribution in [0.15, 0.2) is 24.3 Å². The molecule has 1 aromatic carbocycles. The smallest absolute Gasteiger partial charge is 0.225 e. The molecular weight excluding hydrogens is 319 g/mol. The lowest BCUT2D eigenvalue weighted by Crippen LogP contribution is -2.46. The highest BCUT2D eigenvalue weighted by atomic mass is 35.5. The van der Waals surface area contributed by atoms with Gasteiger partial charge >= 0.3 is 0 Å². The second kappa shape index (κ2) is 8.08. The van der Waals surface area contributed by atoms with Crippen LogP contribution in [-0.4, -0.2) is 36.5 Å². The number of rotatable bonds is 2. The molecule has 23 heavy (non-hydrogen) atoms. The van der Waals surface area contributed by atoms with Gasteiger partial charge in [0.15, 0.2) is 0 Å². The summed E-state index contributed by atoms with van der Waals surface area (Å²) in [7, 11) is 0. The number of carbonyl (C=O) groups excluding carboxylic acids is 1. The number of hydrogen-bond acceptors (Lipinski definition) is 3. The van der Waals surface area contributed by atoms with Gasteiger partial charge in [-0.15, -0.1) is 12.4 Å². The van der Waals surface area contributed by atoms with Crippen LogP contribution in [0.2, 0.25) is 0 Å². The molecule has 128 valence electrons. The summed E-state index contributed by atoms with van der Waals surface area (Å²) in [4.78, 5) is 14.6. The molecule has 2 fully saturated rings. The van der Waals surface area contributed by atoms with Crippen LogP contribution in [0.5, 0.6) is 0 Å². The number of nitrogens with zero attached hydrogens (tertiary/aromatic N) is 1. The van der Waals surface area contributed by atoms with Crippen LogP contribution in [0.3, 0.4) is 0 Å². The zero-order chi connectivity index (χ0) is 15.5. The SMILES string of the molecule is Cl.NC1CCCC(C(=O)N2CCOC(c3ccc(F)cc3)C2)C1. The van der Waals surface area contributed by atoms with E-state index in [-0.39, 0.29) is 42.2 Å². The number of hydrogen-bond donors (Lipinski definition) is 1. The minimum Gasteiger partial charge on any atom is -0.370 e. The maximum absolute atomic E-state index is 13.0. The van der Waals surface area contributed by atoms with Gasteiger partial charge in [-0.3, -0.25) is 4.79 Å². The number of amides is 1. The molecule has 4 nitrogen and oxygen atoms in total. The summed E-state index contributed by atoms with van der Waals surface area (Å²) in [6.45, 7) is 1.69. The molecule has 6 heteroatoms. The molecule has 2 N–H and O–H groups in total. The Morgan fingerprint density at radius 2 is 2.00 bits per heavy atom. The first-order valence-corrected chi connectivity index (χ1v) is 8.05. The number of ether oxygens (including phenoxy) is 1. The maximum Gasteiger partial charge on any atom is 0.225 e. The van der Waals surface area contributed by atoms with Crippen molar-refractivity contribution in [2.75, 3.05) is 19.7 Å². The predicted octanol–water partition coefficient (Wildman–Crippen LogP) is 2.66. The van der Waals surface area contributed by atoms with Crippen LogP contribution in [0.25, 0.3) is 0 Å². The van der Waals surface area contributed by atoms with E-state index in [2.05, 4.69) is 0 Å². The van der Waals surface area contributed by atoms with Crippen molar-refractivity contribution in [3.8, 4) is 0 Å². The minimum absolute atomic E-state index is 0. The first kappa shape index (κ1) is 18.2. The van der Waals surface area contributed by atoms with Gasteiger partial charge in [-0.2, -0.15) is 0 Å². The Morgan fingerprint density at radius 3 is 2.70 bits per heavy atom. The Hall–Kier alpha value is -1.17. The van der Waals surface area contributed by atoms with E-state index < -0.39 is 0 Å². The maximum atomic E-state index is 13.0. The highest BCUT2D eigenvalue weighted by molar-refractivity contribution is 5.85. The summed E-state index contributed by atoms with van der Waals surface area (Å²) in [5.41, 5.74) is 6.91. The molecule has 0 radical (unpaired) electrons. The van der Waals surface area contributed by atoms with Crippen molar-refractivity contribution in [1.29, 1.82) is 0 Å². The topological polar surface area (TPSA) is 55.6 Å². The van der Waals surface area contributed by atoms with Gasteiger partial charge in [0.1, 0.15) is 11.9 Å². The highest BCUT2D eigenvalue weighted by Gasteiger charge is 2.32. The molecule has 0 spiro atoms. The standard InChI is InChI=1S/C17H23FN2O2.ClH/c18-14-6-4-12(5-7-14)16-11-20(8-9-22-16)17(21)13-2-1-3-15(19)10-13;/h4-7,13,15-16H,1-3,8-11,19H2;1H. The number of carbonyl (C=O) groups is 1. The van der Waals surface area contributed by atoms with Gasteiger partial charge in [0.25, 0.3) is 0 Å². The average Bonchev–Trinajstić information content (AvgIpc) is 2.55. The quantitative estimate of drug-likeness (QED) is 0.899. The predicted molar refractivity (Wildman–Crippen MR) is 88.9 cm³/mol. The van der Waals surface area contributed by atoms with Crippen molar-refractivity contribution in [3.05, 3.63) is 35.6 Å². The molecule has 1 aromatic rings. The summed E-state index contributed by atoms with van der Waals surface area (Å²) in [6, 6.07) is 6.46. The van der Waals surface area contributed by atoms with Crippen molar-refractivity contribution >= 4 is 18.3 Å². The van der Waals surface area contributed by atoms with Gasteiger partial charge in [0.2, 0.25) is 5.91 Å². The number of nitrogens with two attached hydrogens (primary N) is 1. The van der Waals surface area contributed by atoms with E-state index >= 15 is 0 Å². The summed E-state index contributed by atoms with van der Waals surface area (Å²) in [5, 5.41) is 0. The van der Waals surface area contributed by atoms with E-state index in [4.69, 9.17) is 10.5 Å². The van der Waals surface area contributed by atoms with Gasteiger partial charge in [0.05, 0.1) is 13.2 Å². The van der Waals surface area contributed by atoms with Gasteiger partial charge in [-0.05, 0) is 37.0 Å². The van der Waals surface area contributed by atoms with E-state index in [0.29, 0.717) is 19.7 Å². The van der Waals surface area contributed by atoms with Crippen molar-refractivity contribution in [3.63, 3.8) is 0 Å². The van der Waals surface area contributed by atoms with Crippen molar-refractivity contribution in [2.45, 2.75) is 37.8 Å². The van der Waals surface area contributed by atoms with Crippen molar-refractivity contribution in [1.82, 2.24) is 4.90 Å². The van der Waals surface area contributed by atoms with Gasteiger partial charge in [0, 0.05) is 18.5 Å². The number of benzene rings is 1. The largest absolute Gasteiger partial charge is 0.370 e. The lowest BCUT2D eigenvalue weighted by Gasteiger charge is -2.37. The molecule has 3 rings (SSSR count). The van der Waals surface area contributed by atoms with E-state index in [9.17, 15) is 9.18 Å². The fraction of sp³-hybridized carbons (Fsp3) is 0.588. The normalized spacial score (nSPS) is 28.1. The molecule has 1 heterocycles. The van der Waals surface area contributed by atoms with Crippen LogP contribution < -0.4 is 5.73 Å². The molecule has 1 saturated heterocycles. The molecule has 3 unspecified atom stereocenters. The third-order valence-electron chi connectivity index (χ3n) is 4.68. The van der Waals surface area contributed by atoms with Gasteiger partial charge in [-0.1, -0.05) is 18.6 Å². The lowest BCUT2D eigenvalue weighted by molar-refractivity contribution is -0.144. The third kappa shape index (κ3) is 4.43. The van der Waals surface area contributed by atoms with E-state index in [1.54, 1.807) is 12.1 Å². The minimum atomic E-state index is -0.260. The van der Waals surface area contributed by atoms with E-state index in [1.165, 1.54) is 12.1 Å². The molecule has 0 aromatic heterocycles. The van der Waals surface area contributed by atoms with Gasteiger partial charge in [-0.25, -0.2) is 4.39 Å². The zero-order valence-corrected chi connectivity index (χ0v) is 13.9. The third-order valence-corrected chi connectivity index (χ3v) is 4.68. The molecule has 1 aliphatic carbocycles. The first-order valence-electron chi connectivity index (χ1n) is 8.05. The van der Waals surface area contributed by atoms with E-state index in [0.717, 1.165) is 31.2 Å². The molecule has 2 aliphatic rings. The first-order chi connectivity index (χ1) is 10.6. The highest BCUT2D eigenvalue weighted by Crippen LogP contribution is 2.28. The number of morpholine rings is 1. The summed E-state index contributed by atoms with van der Waals surface area (Å²) in [5.74, 6) is -0.00929. The van der Waals surface area contributed by atoms with E-state index in [1.807, 2.05) is 4.90 Å². The van der Waals surface area contributed by atoms with Crippen molar-refractivity contribution < 1.29 is 13.9 Å². The second-order valence-electron chi connectivity index (χ2n) is 6.32. The van der Waals surface area contributed by atoms with Gasteiger partial charge < -0.3 is 15.4 Å². The van der Waals surface area contributed by atoms with Crippen LogP contribution in [0.4, 0.5) is 4.39 Å². The zero-order valence-electron chi connectivity index (χ0n) is 13.1. The Balaban J connectivity index is 0.00000192. The van der Waals surface area contributed by atoms with Crippen LogP contribution >= 0.6 is 12.4 Å². The Labute approximate surface area is 142 Å². The van der Waals surface area contributed by atoms with Crippen molar-refractivity contribution in [2.24, 2.45) is 11.7 Å². The Bertz CT molecular complexity index is 526. The Morgan fingerprint density at radius 1 is 1.26 bits per heavy atom. The summed E-state index contributed by atoms with van der Waals surface area (Å²) < 4.78 is 18.8. The Kier molecular flexibility index (Phi) is 6.39. The average molecular weight is 343 g/mol. The monoisotopic (exact) mass is 342 g/mol. The second-order valence-corrected chi connectivity index (χ2v) is 6.32. The fourth-order valence-electron chi connectivity index (χ4n) is 3.44. The molecule has 1 saturated carbocycles.